The summed E-state index contributed by atoms with van der Waals surface area (Å²) >= 11 is 9.54. The van der Waals surface area contributed by atoms with Crippen molar-refractivity contribution in [3.8, 4) is 0 Å². The van der Waals surface area contributed by atoms with Crippen molar-refractivity contribution in [3.05, 3.63) is 27.8 Å². The second kappa shape index (κ2) is 5.43. The normalized spacial score (nSPS) is 23.9. The number of halogens is 2. The summed E-state index contributed by atoms with van der Waals surface area (Å²) < 4.78 is 2.98. The maximum absolute atomic E-state index is 9.18. The van der Waals surface area contributed by atoms with E-state index in [2.05, 4.69) is 31.9 Å². The standard InChI is InChI=1S/C14H16BrClN2O/c15-12-5-10-7-18(17-14(10)6-13(12)16)11-3-1-9(8-19)2-4-11/h5-7,9,11,19H,1-4,8H2/t9-,11-. The van der Waals surface area contributed by atoms with Gasteiger partial charge in [0.1, 0.15) is 0 Å². The molecule has 0 amide bonds. The molecule has 0 spiro atoms. The van der Waals surface area contributed by atoms with Crippen LogP contribution in [0.2, 0.25) is 5.02 Å². The van der Waals surface area contributed by atoms with E-state index < -0.39 is 0 Å². The molecule has 1 aromatic heterocycles. The number of hydrogen-bond donors (Lipinski definition) is 1. The van der Waals surface area contributed by atoms with E-state index in [1.54, 1.807) is 0 Å². The minimum atomic E-state index is 0.316. The lowest BCUT2D eigenvalue weighted by Gasteiger charge is -2.27. The maximum Gasteiger partial charge on any atom is 0.0939 e. The SMILES string of the molecule is OC[C@H]1CC[C@H](n2cc3cc(Br)c(Cl)cc3n2)CC1. The highest BCUT2D eigenvalue weighted by molar-refractivity contribution is 9.10. The highest BCUT2D eigenvalue weighted by Crippen LogP contribution is 2.33. The van der Waals surface area contributed by atoms with Crippen molar-refractivity contribution < 1.29 is 5.11 Å². The molecule has 1 saturated carbocycles. The molecular formula is C14H16BrClN2O. The van der Waals surface area contributed by atoms with Gasteiger partial charge < -0.3 is 5.11 Å². The minimum Gasteiger partial charge on any atom is -0.396 e. The zero-order chi connectivity index (χ0) is 13.4. The van der Waals surface area contributed by atoms with Gasteiger partial charge in [0.25, 0.3) is 0 Å². The summed E-state index contributed by atoms with van der Waals surface area (Å²) in [6.45, 7) is 0.316. The van der Waals surface area contributed by atoms with E-state index in [0.717, 1.165) is 41.1 Å². The zero-order valence-corrected chi connectivity index (χ0v) is 12.9. The van der Waals surface area contributed by atoms with Crippen LogP contribution in [0.4, 0.5) is 0 Å². The predicted molar refractivity (Wildman–Crippen MR) is 80.5 cm³/mol. The first kappa shape index (κ1) is 13.4. The Kier molecular flexibility index (Phi) is 3.83. The summed E-state index contributed by atoms with van der Waals surface area (Å²) in [5.74, 6) is 0.477. The summed E-state index contributed by atoms with van der Waals surface area (Å²) in [6.07, 6.45) is 6.45. The van der Waals surface area contributed by atoms with E-state index in [1.807, 2.05) is 12.1 Å². The summed E-state index contributed by atoms with van der Waals surface area (Å²) in [4.78, 5) is 0. The van der Waals surface area contributed by atoms with Crippen molar-refractivity contribution >= 4 is 38.4 Å². The average Bonchev–Trinajstić information content (AvgIpc) is 2.82. The summed E-state index contributed by atoms with van der Waals surface area (Å²) in [5, 5.41) is 15.6. The Hall–Kier alpha value is -0.580. The van der Waals surface area contributed by atoms with Crippen LogP contribution in [0, 0.1) is 5.92 Å². The van der Waals surface area contributed by atoms with Gasteiger partial charge in [0.05, 0.1) is 16.6 Å². The smallest absolute Gasteiger partial charge is 0.0939 e. The van der Waals surface area contributed by atoms with Crippen molar-refractivity contribution in [2.24, 2.45) is 5.92 Å². The number of aliphatic hydroxyl groups excluding tert-OH is 1. The topological polar surface area (TPSA) is 38.0 Å². The van der Waals surface area contributed by atoms with E-state index >= 15 is 0 Å². The molecule has 1 N–H and O–H groups in total. The van der Waals surface area contributed by atoms with Crippen LogP contribution >= 0.6 is 27.5 Å². The molecular weight excluding hydrogens is 328 g/mol. The van der Waals surface area contributed by atoms with Gasteiger partial charge in [-0.3, -0.25) is 4.68 Å². The Labute approximate surface area is 125 Å². The van der Waals surface area contributed by atoms with E-state index in [1.165, 1.54) is 0 Å². The third kappa shape index (κ3) is 2.67. The van der Waals surface area contributed by atoms with Crippen LogP contribution in [0.3, 0.4) is 0 Å². The van der Waals surface area contributed by atoms with E-state index in [-0.39, 0.29) is 0 Å². The molecule has 1 aliphatic carbocycles. The highest BCUT2D eigenvalue weighted by Gasteiger charge is 2.22. The van der Waals surface area contributed by atoms with Crippen molar-refractivity contribution in [1.29, 1.82) is 0 Å². The van der Waals surface area contributed by atoms with Crippen LogP contribution in [-0.4, -0.2) is 21.5 Å². The number of aliphatic hydroxyl groups is 1. The van der Waals surface area contributed by atoms with E-state index in [9.17, 15) is 5.11 Å². The molecule has 3 rings (SSSR count). The van der Waals surface area contributed by atoms with E-state index in [0.29, 0.717) is 23.6 Å². The number of rotatable bonds is 2. The lowest BCUT2D eigenvalue weighted by atomic mass is 9.87. The number of hydrogen-bond acceptors (Lipinski definition) is 2. The third-order valence-corrected chi connectivity index (χ3v) is 5.21. The first-order valence-corrected chi connectivity index (χ1v) is 7.79. The van der Waals surface area contributed by atoms with Gasteiger partial charge in [0.2, 0.25) is 0 Å². The van der Waals surface area contributed by atoms with Crippen LogP contribution in [-0.2, 0) is 0 Å². The van der Waals surface area contributed by atoms with Gasteiger partial charge in [0, 0.05) is 22.7 Å². The molecule has 0 saturated heterocycles. The number of benzene rings is 1. The summed E-state index contributed by atoms with van der Waals surface area (Å²) in [6, 6.07) is 4.37. The van der Waals surface area contributed by atoms with Crippen molar-refractivity contribution in [3.63, 3.8) is 0 Å². The number of aromatic nitrogens is 2. The van der Waals surface area contributed by atoms with Gasteiger partial charge in [-0.2, -0.15) is 5.10 Å². The lowest BCUT2D eigenvalue weighted by Crippen LogP contribution is -2.20. The Bertz CT molecular complexity index is 551. The van der Waals surface area contributed by atoms with Crippen molar-refractivity contribution in [2.75, 3.05) is 6.61 Å². The van der Waals surface area contributed by atoms with Crippen LogP contribution in [0.5, 0.6) is 0 Å². The second-order valence-electron chi connectivity index (χ2n) is 5.29. The van der Waals surface area contributed by atoms with Gasteiger partial charge in [-0.05, 0) is 59.7 Å². The Morgan fingerprint density at radius 2 is 2.05 bits per heavy atom. The molecule has 102 valence electrons. The molecule has 1 fully saturated rings. The third-order valence-electron chi connectivity index (χ3n) is 4.01. The molecule has 1 aliphatic rings. The van der Waals surface area contributed by atoms with Crippen molar-refractivity contribution in [1.82, 2.24) is 9.78 Å². The van der Waals surface area contributed by atoms with Gasteiger partial charge >= 0.3 is 0 Å². The molecule has 3 nitrogen and oxygen atoms in total. The van der Waals surface area contributed by atoms with Gasteiger partial charge in [-0.25, -0.2) is 0 Å². The van der Waals surface area contributed by atoms with Crippen LogP contribution < -0.4 is 0 Å². The molecule has 0 unspecified atom stereocenters. The molecule has 2 aromatic rings. The quantitative estimate of drug-likeness (QED) is 0.888. The molecule has 1 heterocycles. The van der Waals surface area contributed by atoms with Crippen molar-refractivity contribution in [2.45, 2.75) is 31.7 Å². The largest absolute Gasteiger partial charge is 0.396 e. The Morgan fingerprint density at radius 1 is 1.32 bits per heavy atom. The Balaban J connectivity index is 1.86. The van der Waals surface area contributed by atoms with E-state index in [4.69, 9.17) is 11.6 Å². The average molecular weight is 344 g/mol. The summed E-state index contributed by atoms with van der Waals surface area (Å²) in [5.41, 5.74) is 0.942. The first-order chi connectivity index (χ1) is 9.17. The van der Waals surface area contributed by atoms with Crippen LogP contribution in [0.25, 0.3) is 10.9 Å². The second-order valence-corrected chi connectivity index (χ2v) is 6.55. The number of nitrogens with zero attached hydrogens (tertiary/aromatic N) is 2. The first-order valence-electron chi connectivity index (χ1n) is 6.62. The van der Waals surface area contributed by atoms with Gasteiger partial charge in [-0.15, -0.1) is 0 Å². The lowest BCUT2D eigenvalue weighted by molar-refractivity contribution is 0.165. The van der Waals surface area contributed by atoms with Gasteiger partial charge in [-0.1, -0.05) is 11.6 Å². The monoisotopic (exact) mass is 342 g/mol. The predicted octanol–water partition coefficient (Wildman–Crippen LogP) is 4.18. The fourth-order valence-corrected chi connectivity index (χ4v) is 3.34. The molecule has 0 aliphatic heterocycles. The fourth-order valence-electron chi connectivity index (χ4n) is 2.82. The maximum atomic E-state index is 9.18. The molecule has 0 radical (unpaired) electrons. The molecule has 5 heteroatoms. The van der Waals surface area contributed by atoms with Crippen LogP contribution in [0.15, 0.2) is 22.8 Å². The fraction of sp³-hybridized carbons (Fsp3) is 0.500. The van der Waals surface area contributed by atoms with Crippen LogP contribution in [0.1, 0.15) is 31.7 Å². The molecule has 0 bridgehead atoms. The summed E-state index contributed by atoms with van der Waals surface area (Å²) in [7, 11) is 0. The molecule has 1 aromatic carbocycles. The molecule has 0 atom stereocenters. The molecule has 19 heavy (non-hydrogen) atoms. The number of fused-ring (bicyclic) bond motifs is 1. The highest BCUT2D eigenvalue weighted by atomic mass is 79.9. The Morgan fingerprint density at radius 3 is 2.74 bits per heavy atom. The zero-order valence-electron chi connectivity index (χ0n) is 10.5. The van der Waals surface area contributed by atoms with Gasteiger partial charge in [0.15, 0.2) is 0 Å². The minimum absolute atomic E-state index is 0.316.